The highest BCUT2D eigenvalue weighted by Gasteiger charge is 2.14. The Kier molecular flexibility index (Phi) is 2.72. The molecule has 72 valence electrons. The highest BCUT2D eigenvalue weighted by molar-refractivity contribution is 14.1. The lowest BCUT2D eigenvalue weighted by molar-refractivity contribution is 0.0699. The molecule has 0 saturated carbocycles. The Balaban J connectivity index is 2.90. The van der Waals surface area contributed by atoms with Gasteiger partial charge in [-0.2, -0.15) is 0 Å². The number of hydrogen-bond donors (Lipinski definition) is 2. The van der Waals surface area contributed by atoms with Gasteiger partial charge in [-0.25, -0.2) is 4.79 Å². The van der Waals surface area contributed by atoms with Gasteiger partial charge in [0.2, 0.25) is 0 Å². The highest BCUT2D eigenvalue weighted by atomic mass is 127. The van der Waals surface area contributed by atoms with Crippen molar-refractivity contribution in [2.75, 3.05) is 0 Å². The molecule has 0 aliphatic rings. The molecule has 0 aliphatic carbocycles. The molecule has 1 heterocycles. The Bertz CT molecular complexity index is 519. The highest BCUT2D eigenvalue weighted by Crippen LogP contribution is 2.34. The molecule has 2 aromatic rings. The van der Waals surface area contributed by atoms with E-state index < -0.39 is 5.97 Å². The maximum Gasteiger partial charge on any atom is 0.337 e. The molecule has 1 aromatic heterocycles. The molecule has 2 nitrogen and oxygen atoms in total. The van der Waals surface area contributed by atoms with Gasteiger partial charge in [-0.3, -0.25) is 0 Å². The fraction of sp³-hybridized carbons (Fsp3) is 0. The summed E-state index contributed by atoms with van der Waals surface area (Å²) < 4.78 is 2.06. The Hall–Kier alpha value is -0.270. The summed E-state index contributed by atoms with van der Waals surface area (Å²) in [7, 11) is 0. The predicted molar refractivity (Wildman–Crippen MR) is 68.8 cm³/mol. The molecular weight excluding hydrogens is 331 g/mol. The number of carboxylic acid groups (broad SMARTS) is 1. The lowest BCUT2D eigenvalue weighted by Crippen LogP contribution is -1.94. The van der Waals surface area contributed by atoms with E-state index in [0.29, 0.717) is 5.56 Å². The molecule has 0 atom stereocenters. The summed E-state index contributed by atoms with van der Waals surface area (Å²) in [6, 6.07) is 3.76. The van der Waals surface area contributed by atoms with Crippen LogP contribution in [0.4, 0.5) is 0 Å². The van der Waals surface area contributed by atoms with Gasteiger partial charge in [0.15, 0.2) is 0 Å². The second-order valence-electron chi connectivity index (χ2n) is 2.73. The largest absolute Gasteiger partial charge is 0.478 e. The number of benzene rings is 1. The van der Waals surface area contributed by atoms with Gasteiger partial charge in [-0.05, 0) is 34.7 Å². The quantitative estimate of drug-likeness (QED) is 0.618. The number of hydrogen-bond acceptors (Lipinski definition) is 3. The average Bonchev–Trinajstić information content (AvgIpc) is 2.56. The van der Waals surface area contributed by atoms with Crippen LogP contribution in [0, 0.1) is 3.57 Å². The van der Waals surface area contributed by atoms with Crippen molar-refractivity contribution in [3.8, 4) is 0 Å². The van der Waals surface area contributed by atoms with Crippen LogP contribution in [0.2, 0.25) is 0 Å². The number of halogens is 1. The SMILES string of the molecule is O=C(O)c1csc2c(I)ccc(S)c12. The van der Waals surface area contributed by atoms with Crippen LogP contribution in [0.15, 0.2) is 22.4 Å². The van der Waals surface area contributed by atoms with Gasteiger partial charge in [0.05, 0.1) is 5.56 Å². The zero-order chi connectivity index (χ0) is 10.3. The molecule has 5 heteroatoms. The number of fused-ring (bicyclic) bond motifs is 1. The van der Waals surface area contributed by atoms with Crippen LogP contribution in [0.3, 0.4) is 0 Å². The van der Waals surface area contributed by atoms with Gasteiger partial charge >= 0.3 is 5.97 Å². The molecule has 0 saturated heterocycles. The van der Waals surface area contributed by atoms with Crippen LogP contribution < -0.4 is 0 Å². The summed E-state index contributed by atoms with van der Waals surface area (Å²) in [6.07, 6.45) is 0. The zero-order valence-corrected chi connectivity index (χ0v) is 10.7. The van der Waals surface area contributed by atoms with Crippen molar-refractivity contribution in [2.24, 2.45) is 0 Å². The van der Waals surface area contributed by atoms with Crippen molar-refractivity contribution < 1.29 is 9.90 Å². The average molecular weight is 336 g/mol. The molecule has 1 aromatic carbocycles. The molecular formula is C9H5IO2S2. The Morgan fingerprint density at radius 2 is 2.21 bits per heavy atom. The smallest absolute Gasteiger partial charge is 0.337 e. The topological polar surface area (TPSA) is 37.3 Å². The van der Waals surface area contributed by atoms with E-state index in [1.807, 2.05) is 12.1 Å². The normalized spacial score (nSPS) is 10.7. The minimum Gasteiger partial charge on any atom is -0.478 e. The third kappa shape index (κ3) is 1.53. The molecule has 0 spiro atoms. The second-order valence-corrected chi connectivity index (χ2v) is 5.25. The van der Waals surface area contributed by atoms with Gasteiger partial charge in [0.25, 0.3) is 0 Å². The van der Waals surface area contributed by atoms with Gasteiger partial charge in [-0.1, -0.05) is 0 Å². The Morgan fingerprint density at radius 1 is 1.50 bits per heavy atom. The Morgan fingerprint density at radius 3 is 2.86 bits per heavy atom. The van der Waals surface area contributed by atoms with Crippen LogP contribution in [-0.2, 0) is 0 Å². The summed E-state index contributed by atoms with van der Waals surface area (Å²) >= 11 is 7.91. The predicted octanol–water partition coefficient (Wildman–Crippen LogP) is 3.49. The first kappa shape index (κ1) is 10.3. The van der Waals surface area contributed by atoms with Gasteiger partial charge in [0.1, 0.15) is 0 Å². The minimum absolute atomic E-state index is 0.341. The van der Waals surface area contributed by atoms with Crippen LogP contribution >= 0.6 is 46.6 Å². The van der Waals surface area contributed by atoms with Crippen molar-refractivity contribution >= 4 is 62.6 Å². The van der Waals surface area contributed by atoms with E-state index in [2.05, 4.69) is 35.2 Å². The summed E-state index contributed by atoms with van der Waals surface area (Å²) in [6.45, 7) is 0. The lowest BCUT2D eigenvalue weighted by Gasteiger charge is -1.98. The van der Waals surface area contributed by atoms with E-state index in [0.717, 1.165) is 18.6 Å². The summed E-state index contributed by atoms with van der Waals surface area (Å²) in [4.78, 5) is 11.6. The molecule has 0 radical (unpaired) electrons. The van der Waals surface area contributed by atoms with Crippen molar-refractivity contribution in [3.63, 3.8) is 0 Å². The fourth-order valence-corrected chi connectivity index (χ4v) is 3.44. The monoisotopic (exact) mass is 336 g/mol. The number of thiophene rings is 1. The van der Waals surface area contributed by atoms with Gasteiger partial charge in [-0.15, -0.1) is 24.0 Å². The van der Waals surface area contributed by atoms with E-state index in [1.54, 1.807) is 5.38 Å². The van der Waals surface area contributed by atoms with Crippen molar-refractivity contribution in [1.29, 1.82) is 0 Å². The molecule has 2 rings (SSSR count). The number of rotatable bonds is 1. The third-order valence-electron chi connectivity index (χ3n) is 1.88. The maximum absolute atomic E-state index is 10.9. The molecule has 1 N–H and O–H groups in total. The van der Waals surface area contributed by atoms with Gasteiger partial charge in [0, 0.05) is 23.9 Å². The van der Waals surface area contributed by atoms with E-state index in [4.69, 9.17) is 5.11 Å². The molecule has 0 amide bonds. The Labute approximate surface area is 103 Å². The number of thiol groups is 1. The van der Waals surface area contributed by atoms with Crippen LogP contribution in [0.1, 0.15) is 10.4 Å². The maximum atomic E-state index is 10.9. The van der Waals surface area contributed by atoms with E-state index in [1.165, 1.54) is 11.3 Å². The summed E-state index contributed by atoms with van der Waals surface area (Å²) in [5.74, 6) is -0.895. The van der Waals surface area contributed by atoms with E-state index in [-0.39, 0.29) is 0 Å². The van der Waals surface area contributed by atoms with Crippen molar-refractivity contribution in [3.05, 3.63) is 26.6 Å². The molecule has 14 heavy (non-hydrogen) atoms. The van der Waals surface area contributed by atoms with E-state index in [9.17, 15) is 4.79 Å². The molecule has 0 fully saturated rings. The van der Waals surface area contributed by atoms with Crippen molar-refractivity contribution in [1.82, 2.24) is 0 Å². The first-order valence-electron chi connectivity index (χ1n) is 3.73. The molecule has 0 aliphatic heterocycles. The minimum atomic E-state index is -0.895. The number of carbonyl (C=O) groups is 1. The zero-order valence-electron chi connectivity index (χ0n) is 6.82. The second kappa shape index (κ2) is 3.71. The number of carboxylic acids is 1. The molecule has 0 unspecified atom stereocenters. The first-order chi connectivity index (χ1) is 6.61. The summed E-state index contributed by atoms with van der Waals surface area (Å²) in [5, 5.41) is 11.4. The standard InChI is InChI=1S/C9H5IO2S2/c10-5-1-2-6(13)7-4(9(11)12)3-14-8(5)7/h1-3,13H,(H,11,12). The van der Waals surface area contributed by atoms with Crippen molar-refractivity contribution in [2.45, 2.75) is 4.90 Å². The third-order valence-corrected chi connectivity index (χ3v) is 4.53. The van der Waals surface area contributed by atoms with E-state index >= 15 is 0 Å². The summed E-state index contributed by atoms with van der Waals surface area (Å²) in [5.41, 5.74) is 0.341. The lowest BCUT2D eigenvalue weighted by atomic mass is 10.2. The first-order valence-corrected chi connectivity index (χ1v) is 6.14. The van der Waals surface area contributed by atoms with Crippen LogP contribution in [0.5, 0.6) is 0 Å². The fourth-order valence-electron chi connectivity index (χ4n) is 1.26. The molecule has 0 bridgehead atoms. The van der Waals surface area contributed by atoms with Gasteiger partial charge < -0.3 is 5.11 Å². The van der Waals surface area contributed by atoms with Crippen LogP contribution in [0.25, 0.3) is 10.1 Å². The van der Waals surface area contributed by atoms with Crippen LogP contribution in [-0.4, -0.2) is 11.1 Å². The number of aromatic carboxylic acids is 1.